The van der Waals surface area contributed by atoms with Crippen LogP contribution in [0.1, 0.15) is 39.8 Å². The molecule has 2 amide bonds. The summed E-state index contributed by atoms with van der Waals surface area (Å²) >= 11 is 3.93. The predicted octanol–water partition coefficient (Wildman–Crippen LogP) is 5.53. The van der Waals surface area contributed by atoms with Gasteiger partial charge in [0, 0.05) is 0 Å². The third kappa shape index (κ3) is 7.01. The summed E-state index contributed by atoms with van der Waals surface area (Å²) in [6, 6.07) is 10.2. The highest BCUT2D eigenvalue weighted by Crippen LogP contribution is 2.32. The molecule has 2 heterocycles. The average molecular weight is 608 g/mol. The highest BCUT2D eigenvalue weighted by Gasteiger charge is 2.35. The Morgan fingerprint density at radius 2 is 1.77 bits per heavy atom. The molecule has 0 saturated heterocycles. The third-order valence-electron chi connectivity index (χ3n) is 5.65. The number of nitrogens with one attached hydrogen (secondary N) is 2. The first-order valence-corrected chi connectivity index (χ1v) is 14.7. The topological polar surface area (TPSA) is 115 Å². The van der Waals surface area contributed by atoms with Crippen molar-refractivity contribution in [3.05, 3.63) is 70.5 Å². The first-order chi connectivity index (χ1) is 19.1. The van der Waals surface area contributed by atoms with Crippen molar-refractivity contribution in [1.29, 1.82) is 0 Å². The van der Waals surface area contributed by atoms with E-state index in [9.17, 15) is 22.8 Å². The van der Waals surface area contributed by atoms with Crippen molar-refractivity contribution >= 4 is 51.8 Å². The standard InChI is InChI=1S/C25H24F3N7O2S3/c1-4-38-24-34-32-22(40-24)30-20(36)13-39-23-33-31-19(35(23)18-11-7-8-14(2)15(18)3)12-29-21(37)16-9-5-6-10-17(16)25(26,27)28/h5-11H,4,12-13H2,1-3H3,(H,29,37)(H,30,32,36). The molecule has 0 unspecified atom stereocenters. The molecule has 0 aliphatic rings. The molecule has 0 atom stereocenters. The van der Waals surface area contributed by atoms with Gasteiger partial charge in [0.05, 0.1) is 29.1 Å². The van der Waals surface area contributed by atoms with Crippen LogP contribution in [0.3, 0.4) is 0 Å². The molecule has 2 aromatic carbocycles. The monoisotopic (exact) mass is 607 g/mol. The van der Waals surface area contributed by atoms with Crippen molar-refractivity contribution in [2.45, 2.75) is 43.0 Å². The minimum absolute atomic E-state index is 0.00977. The largest absolute Gasteiger partial charge is 0.417 e. The fourth-order valence-corrected chi connectivity index (χ4v) is 6.07. The third-order valence-corrected chi connectivity index (χ3v) is 8.44. The van der Waals surface area contributed by atoms with E-state index in [0.29, 0.717) is 16.1 Å². The Bertz CT molecular complexity index is 1520. The molecule has 40 heavy (non-hydrogen) atoms. The van der Waals surface area contributed by atoms with Crippen LogP contribution in [-0.4, -0.2) is 48.3 Å². The van der Waals surface area contributed by atoms with Crippen molar-refractivity contribution in [3.8, 4) is 5.69 Å². The van der Waals surface area contributed by atoms with E-state index in [0.717, 1.165) is 50.8 Å². The molecular weight excluding hydrogens is 584 g/mol. The second-order valence-electron chi connectivity index (χ2n) is 8.32. The van der Waals surface area contributed by atoms with Crippen molar-refractivity contribution < 1.29 is 22.8 Å². The minimum atomic E-state index is -4.68. The summed E-state index contributed by atoms with van der Waals surface area (Å²) in [6.07, 6.45) is -4.68. The zero-order valence-electron chi connectivity index (χ0n) is 21.6. The predicted molar refractivity (Wildman–Crippen MR) is 149 cm³/mol. The van der Waals surface area contributed by atoms with Gasteiger partial charge in [-0.3, -0.25) is 19.5 Å². The first-order valence-electron chi connectivity index (χ1n) is 11.9. The maximum absolute atomic E-state index is 13.4. The number of carbonyl (C=O) groups excluding carboxylic acids is 2. The molecule has 210 valence electrons. The lowest BCUT2D eigenvalue weighted by Crippen LogP contribution is -2.27. The van der Waals surface area contributed by atoms with Crippen LogP contribution < -0.4 is 10.6 Å². The molecule has 2 aromatic heterocycles. The van der Waals surface area contributed by atoms with Crippen LogP contribution in [0.5, 0.6) is 0 Å². The number of benzene rings is 2. The van der Waals surface area contributed by atoms with Crippen LogP contribution in [0.15, 0.2) is 52.0 Å². The number of alkyl halides is 3. The second-order valence-corrected chi connectivity index (χ2v) is 11.8. The fraction of sp³-hybridized carbons (Fsp3) is 0.280. The number of nitrogens with zero attached hydrogens (tertiary/aromatic N) is 5. The van der Waals surface area contributed by atoms with E-state index in [-0.39, 0.29) is 18.2 Å². The number of anilines is 1. The maximum atomic E-state index is 13.4. The SMILES string of the molecule is CCSc1nnc(NC(=O)CSc2nnc(CNC(=O)c3ccccc3C(F)(F)F)n2-c2cccc(C)c2C)s1. The van der Waals surface area contributed by atoms with Crippen molar-refractivity contribution in [2.24, 2.45) is 0 Å². The lowest BCUT2D eigenvalue weighted by atomic mass is 10.1. The molecule has 0 aliphatic carbocycles. The maximum Gasteiger partial charge on any atom is 0.417 e. The molecule has 0 fully saturated rings. The summed E-state index contributed by atoms with van der Waals surface area (Å²) in [4.78, 5) is 25.4. The second kappa shape index (κ2) is 12.8. The van der Waals surface area contributed by atoms with Gasteiger partial charge < -0.3 is 5.32 Å². The zero-order valence-corrected chi connectivity index (χ0v) is 24.0. The molecule has 0 saturated carbocycles. The summed E-state index contributed by atoms with van der Waals surface area (Å²) in [5.41, 5.74) is 1.11. The lowest BCUT2D eigenvalue weighted by Gasteiger charge is -2.15. The number of halogens is 3. The summed E-state index contributed by atoms with van der Waals surface area (Å²) in [7, 11) is 0. The van der Waals surface area contributed by atoms with Gasteiger partial charge in [0.2, 0.25) is 11.0 Å². The van der Waals surface area contributed by atoms with Crippen molar-refractivity contribution in [2.75, 3.05) is 16.8 Å². The van der Waals surface area contributed by atoms with Gasteiger partial charge in [0.1, 0.15) is 0 Å². The van der Waals surface area contributed by atoms with E-state index in [2.05, 4.69) is 31.0 Å². The number of amides is 2. The van der Waals surface area contributed by atoms with Crippen LogP contribution in [0.2, 0.25) is 0 Å². The van der Waals surface area contributed by atoms with E-state index in [1.54, 1.807) is 4.57 Å². The fourth-order valence-electron chi connectivity index (χ4n) is 3.64. The first kappa shape index (κ1) is 29.6. The quantitative estimate of drug-likeness (QED) is 0.179. The zero-order chi connectivity index (χ0) is 28.9. The minimum Gasteiger partial charge on any atom is -0.345 e. The Morgan fingerprint density at radius 3 is 2.52 bits per heavy atom. The molecule has 15 heteroatoms. The van der Waals surface area contributed by atoms with E-state index < -0.39 is 23.2 Å². The van der Waals surface area contributed by atoms with E-state index in [1.807, 2.05) is 39.0 Å². The molecule has 0 bridgehead atoms. The van der Waals surface area contributed by atoms with Gasteiger partial charge in [-0.05, 0) is 48.9 Å². The number of aromatic nitrogens is 5. The molecule has 0 spiro atoms. The van der Waals surface area contributed by atoms with Gasteiger partial charge in [0.25, 0.3) is 5.91 Å². The van der Waals surface area contributed by atoms with Crippen LogP contribution in [0, 0.1) is 13.8 Å². The Labute approximate surface area is 240 Å². The number of aryl methyl sites for hydroxylation is 1. The number of thioether (sulfide) groups is 2. The number of rotatable bonds is 10. The molecule has 9 nitrogen and oxygen atoms in total. The average Bonchev–Trinajstić information content (AvgIpc) is 3.53. The summed E-state index contributed by atoms with van der Waals surface area (Å²) in [5, 5.41) is 22.4. The van der Waals surface area contributed by atoms with Gasteiger partial charge in [-0.25, -0.2) is 0 Å². The molecule has 2 N–H and O–H groups in total. The Hall–Kier alpha value is -3.43. The normalized spacial score (nSPS) is 11.4. The number of hydrogen-bond acceptors (Lipinski definition) is 9. The van der Waals surface area contributed by atoms with Crippen molar-refractivity contribution in [3.63, 3.8) is 0 Å². The van der Waals surface area contributed by atoms with Gasteiger partial charge in [-0.2, -0.15) is 13.2 Å². The summed E-state index contributed by atoms with van der Waals surface area (Å²) in [5.74, 6) is -0.0911. The molecule has 4 aromatic rings. The van der Waals surface area contributed by atoms with E-state index in [4.69, 9.17) is 0 Å². The summed E-state index contributed by atoms with van der Waals surface area (Å²) in [6.45, 7) is 5.65. The summed E-state index contributed by atoms with van der Waals surface area (Å²) < 4.78 is 42.7. The lowest BCUT2D eigenvalue weighted by molar-refractivity contribution is -0.138. The smallest absolute Gasteiger partial charge is 0.345 e. The van der Waals surface area contributed by atoms with Gasteiger partial charge in [-0.15, -0.1) is 20.4 Å². The molecule has 0 radical (unpaired) electrons. The van der Waals surface area contributed by atoms with Crippen LogP contribution in [0.25, 0.3) is 5.69 Å². The molecular formula is C25H24F3N7O2S3. The van der Waals surface area contributed by atoms with Gasteiger partial charge >= 0.3 is 6.18 Å². The highest BCUT2D eigenvalue weighted by atomic mass is 32.2. The number of carbonyl (C=O) groups is 2. The van der Waals surface area contributed by atoms with E-state index in [1.165, 1.54) is 35.2 Å². The molecule has 4 rings (SSSR count). The van der Waals surface area contributed by atoms with Crippen LogP contribution in [0.4, 0.5) is 18.3 Å². The van der Waals surface area contributed by atoms with Crippen LogP contribution >= 0.6 is 34.9 Å². The Morgan fingerprint density at radius 1 is 1.00 bits per heavy atom. The van der Waals surface area contributed by atoms with Crippen molar-refractivity contribution in [1.82, 2.24) is 30.3 Å². The highest BCUT2D eigenvalue weighted by molar-refractivity contribution is 8.01. The Balaban J connectivity index is 1.54. The van der Waals surface area contributed by atoms with Gasteiger partial charge in [-0.1, -0.05) is 66.0 Å². The Kier molecular flexibility index (Phi) is 9.48. The van der Waals surface area contributed by atoms with E-state index >= 15 is 0 Å². The number of hydrogen-bond donors (Lipinski definition) is 2. The molecule has 0 aliphatic heterocycles. The van der Waals surface area contributed by atoms with Crippen LogP contribution in [-0.2, 0) is 17.5 Å². The van der Waals surface area contributed by atoms with Gasteiger partial charge in [0.15, 0.2) is 15.3 Å².